The highest BCUT2D eigenvalue weighted by atomic mass is 79.9. The molecule has 1 rings (SSSR count). The maximum atomic E-state index is 11.1. The van der Waals surface area contributed by atoms with E-state index in [1.54, 1.807) is 0 Å². The maximum absolute atomic E-state index is 11.1. The number of carbonyl (C=O) groups is 1. The van der Waals surface area contributed by atoms with Crippen molar-refractivity contribution in [1.82, 2.24) is 4.57 Å². The molecule has 1 N–H and O–H groups in total. The van der Waals surface area contributed by atoms with E-state index in [9.17, 15) is 4.79 Å². The minimum atomic E-state index is -0.871. The molecule has 0 aliphatic rings. The summed E-state index contributed by atoms with van der Waals surface area (Å²) in [4.78, 5) is 11.1. The molecule has 0 bridgehead atoms. The van der Waals surface area contributed by atoms with Crippen LogP contribution in [0, 0.1) is 6.92 Å². The van der Waals surface area contributed by atoms with Crippen molar-refractivity contribution in [1.29, 1.82) is 0 Å². The number of nitrogens with zero attached hydrogens (tertiary/aromatic N) is 1. The molecular formula is C11H16BrNO2. The average molecular weight is 274 g/mol. The van der Waals surface area contributed by atoms with Gasteiger partial charge in [0.15, 0.2) is 0 Å². The number of halogens is 1. The smallest absolute Gasteiger partial charge is 0.338 e. The van der Waals surface area contributed by atoms with Crippen molar-refractivity contribution in [2.75, 3.05) is 0 Å². The van der Waals surface area contributed by atoms with Gasteiger partial charge in [0.05, 0.1) is 10.0 Å². The average Bonchev–Trinajstić information content (AvgIpc) is 2.37. The summed E-state index contributed by atoms with van der Waals surface area (Å²) in [6.07, 6.45) is 0.995. The Balaban J connectivity index is 3.42. The molecule has 15 heavy (non-hydrogen) atoms. The Morgan fingerprint density at radius 3 is 2.47 bits per heavy atom. The lowest BCUT2D eigenvalue weighted by Crippen LogP contribution is -2.02. The minimum Gasteiger partial charge on any atom is -0.478 e. The van der Waals surface area contributed by atoms with Gasteiger partial charge in [0.1, 0.15) is 0 Å². The van der Waals surface area contributed by atoms with Gasteiger partial charge in [-0.1, -0.05) is 13.8 Å². The van der Waals surface area contributed by atoms with Crippen molar-refractivity contribution in [3.8, 4) is 0 Å². The van der Waals surface area contributed by atoms with Crippen molar-refractivity contribution in [2.45, 2.75) is 33.1 Å². The van der Waals surface area contributed by atoms with Crippen molar-refractivity contribution in [3.63, 3.8) is 0 Å². The Hall–Kier alpha value is -0.770. The van der Waals surface area contributed by atoms with Gasteiger partial charge in [0.25, 0.3) is 0 Å². The molecule has 4 heteroatoms. The Labute approximate surface area is 98.2 Å². The minimum absolute atomic E-state index is 0.358. The molecule has 0 aliphatic carbocycles. The summed E-state index contributed by atoms with van der Waals surface area (Å²) in [5.41, 5.74) is 2.24. The first-order chi connectivity index (χ1) is 6.91. The van der Waals surface area contributed by atoms with Crippen LogP contribution in [0.4, 0.5) is 0 Å². The van der Waals surface area contributed by atoms with E-state index in [0.717, 1.165) is 22.3 Å². The summed E-state index contributed by atoms with van der Waals surface area (Å²) >= 11 is 3.39. The molecule has 1 atom stereocenters. The molecular weight excluding hydrogens is 258 g/mol. The number of carboxylic acids is 1. The van der Waals surface area contributed by atoms with Crippen LogP contribution in [0.25, 0.3) is 0 Å². The van der Waals surface area contributed by atoms with Crippen molar-refractivity contribution >= 4 is 21.9 Å². The topological polar surface area (TPSA) is 42.2 Å². The number of aromatic carboxylic acids is 1. The molecule has 1 unspecified atom stereocenters. The van der Waals surface area contributed by atoms with Gasteiger partial charge in [-0.3, -0.25) is 0 Å². The Morgan fingerprint density at radius 1 is 1.60 bits per heavy atom. The summed E-state index contributed by atoms with van der Waals surface area (Å²) in [6.45, 7) is 6.03. The second kappa shape index (κ2) is 4.39. The third-order valence-corrected chi connectivity index (χ3v) is 3.77. The molecule has 0 aliphatic heterocycles. The molecule has 0 saturated heterocycles. The predicted molar refractivity (Wildman–Crippen MR) is 63.5 cm³/mol. The molecule has 84 valence electrons. The van der Waals surface area contributed by atoms with E-state index in [1.165, 1.54) is 0 Å². The summed E-state index contributed by atoms with van der Waals surface area (Å²) < 4.78 is 2.69. The summed E-state index contributed by atoms with van der Waals surface area (Å²) in [5, 5.41) is 9.10. The Kier molecular flexibility index (Phi) is 3.60. The molecule has 0 radical (unpaired) electrons. The lowest BCUT2D eigenvalue weighted by atomic mass is 10.0. The fourth-order valence-electron chi connectivity index (χ4n) is 1.77. The van der Waals surface area contributed by atoms with Crippen molar-refractivity contribution in [3.05, 3.63) is 21.4 Å². The van der Waals surface area contributed by atoms with Crippen LogP contribution in [0.15, 0.2) is 4.47 Å². The fraction of sp³-hybridized carbons (Fsp3) is 0.545. The first-order valence-electron chi connectivity index (χ1n) is 4.99. The highest BCUT2D eigenvalue weighted by Gasteiger charge is 2.23. The van der Waals surface area contributed by atoms with Crippen LogP contribution in [-0.2, 0) is 7.05 Å². The number of hydrogen-bond acceptors (Lipinski definition) is 1. The van der Waals surface area contributed by atoms with Crippen LogP contribution in [0.2, 0.25) is 0 Å². The van der Waals surface area contributed by atoms with Gasteiger partial charge >= 0.3 is 5.97 Å². The van der Waals surface area contributed by atoms with Crippen LogP contribution in [-0.4, -0.2) is 15.6 Å². The lowest BCUT2D eigenvalue weighted by Gasteiger charge is -2.11. The number of hydrogen-bond donors (Lipinski definition) is 1. The third-order valence-electron chi connectivity index (χ3n) is 2.96. The zero-order valence-corrected chi connectivity index (χ0v) is 11.1. The number of rotatable bonds is 3. The van der Waals surface area contributed by atoms with Gasteiger partial charge in [-0.05, 0) is 35.2 Å². The predicted octanol–water partition coefficient (Wildman–Crippen LogP) is 3.31. The summed E-state index contributed by atoms with van der Waals surface area (Å²) in [6, 6.07) is 0. The van der Waals surface area contributed by atoms with Crippen LogP contribution in [0.1, 0.15) is 47.9 Å². The van der Waals surface area contributed by atoms with Crippen molar-refractivity contribution in [2.24, 2.45) is 7.05 Å². The van der Waals surface area contributed by atoms with Gasteiger partial charge in [-0.2, -0.15) is 0 Å². The van der Waals surface area contributed by atoms with Gasteiger partial charge in [0, 0.05) is 18.4 Å². The maximum Gasteiger partial charge on any atom is 0.338 e. The molecule has 0 saturated carbocycles. The van der Waals surface area contributed by atoms with E-state index in [4.69, 9.17) is 5.11 Å². The molecule has 0 fully saturated rings. The highest BCUT2D eigenvalue weighted by Crippen LogP contribution is 2.33. The molecule has 1 aromatic rings. The standard InChI is InChI=1S/C11H16BrNO2/c1-5-6(2)10-9(12)8(11(14)15)7(3)13(10)4/h6H,5H2,1-4H3,(H,14,15). The normalized spacial score (nSPS) is 12.9. The molecule has 0 spiro atoms. The number of aromatic nitrogens is 1. The van der Waals surface area contributed by atoms with Gasteiger partial charge in [-0.25, -0.2) is 4.79 Å². The van der Waals surface area contributed by atoms with E-state index >= 15 is 0 Å². The van der Waals surface area contributed by atoms with Gasteiger partial charge in [-0.15, -0.1) is 0 Å². The van der Waals surface area contributed by atoms with Crippen LogP contribution in [0.3, 0.4) is 0 Å². The van der Waals surface area contributed by atoms with Gasteiger partial charge in [0.2, 0.25) is 0 Å². The largest absolute Gasteiger partial charge is 0.478 e. The van der Waals surface area contributed by atoms with Crippen LogP contribution >= 0.6 is 15.9 Å². The first kappa shape index (κ1) is 12.3. The van der Waals surface area contributed by atoms with Gasteiger partial charge < -0.3 is 9.67 Å². The molecule has 1 heterocycles. The highest BCUT2D eigenvalue weighted by molar-refractivity contribution is 9.10. The van der Waals surface area contributed by atoms with Crippen LogP contribution < -0.4 is 0 Å². The first-order valence-corrected chi connectivity index (χ1v) is 5.79. The van der Waals surface area contributed by atoms with Crippen LogP contribution in [0.5, 0.6) is 0 Å². The third kappa shape index (κ3) is 1.95. The monoisotopic (exact) mass is 273 g/mol. The molecule has 0 amide bonds. The summed E-state index contributed by atoms with van der Waals surface area (Å²) in [5.74, 6) is -0.513. The van der Waals surface area contributed by atoms with E-state index in [-0.39, 0.29) is 0 Å². The zero-order valence-electron chi connectivity index (χ0n) is 9.47. The van der Waals surface area contributed by atoms with Crippen molar-refractivity contribution < 1.29 is 9.90 Å². The second-order valence-corrected chi connectivity index (χ2v) is 4.63. The number of carboxylic acid groups (broad SMARTS) is 1. The quantitative estimate of drug-likeness (QED) is 0.918. The van der Waals surface area contributed by atoms with E-state index in [0.29, 0.717) is 11.5 Å². The SMILES string of the molecule is CCC(C)c1c(Br)c(C(=O)O)c(C)n1C. The lowest BCUT2D eigenvalue weighted by molar-refractivity contribution is 0.0695. The second-order valence-electron chi connectivity index (χ2n) is 3.83. The zero-order chi connectivity index (χ0) is 11.7. The Morgan fingerprint density at radius 2 is 2.13 bits per heavy atom. The molecule has 1 aromatic heterocycles. The van der Waals surface area contributed by atoms with E-state index in [2.05, 4.69) is 29.8 Å². The van der Waals surface area contributed by atoms with E-state index in [1.807, 2.05) is 18.5 Å². The molecule has 3 nitrogen and oxygen atoms in total. The summed E-state index contributed by atoms with van der Waals surface area (Å²) in [7, 11) is 1.91. The van der Waals surface area contributed by atoms with E-state index < -0.39 is 5.97 Å². The Bertz CT molecular complexity index is 396. The fourth-order valence-corrected chi connectivity index (χ4v) is 2.88. The molecule has 0 aromatic carbocycles.